The number of rotatable bonds is 6. The van der Waals surface area contributed by atoms with Gasteiger partial charge in [-0.3, -0.25) is 4.79 Å². The predicted octanol–water partition coefficient (Wildman–Crippen LogP) is 4.39. The molecule has 6 heteroatoms. The number of hydrogen-bond donors (Lipinski definition) is 1. The zero-order valence-corrected chi connectivity index (χ0v) is 16.0. The highest BCUT2D eigenvalue weighted by molar-refractivity contribution is 6.10. The van der Waals surface area contributed by atoms with Gasteiger partial charge in [0.25, 0.3) is 0 Å². The van der Waals surface area contributed by atoms with E-state index in [2.05, 4.69) is 29.1 Å². The van der Waals surface area contributed by atoms with Crippen LogP contribution in [0.2, 0.25) is 0 Å². The van der Waals surface area contributed by atoms with Crippen LogP contribution in [-0.2, 0) is 4.74 Å². The second-order valence-corrected chi connectivity index (χ2v) is 7.82. The molecule has 4 atom stereocenters. The first-order valence-electron chi connectivity index (χ1n) is 9.97. The topological polar surface area (TPSA) is 77.2 Å². The lowest BCUT2D eigenvalue weighted by Gasteiger charge is -2.15. The van der Waals surface area contributed by atoms with E-state index in [9.17, 15) is 4.79 Å². The van der Waals surface area contributed by atoms with Gasteiger partial charge in [-0.2, -0.15) is 0 Å². The molecule has 1 N–H and O–H groups in total. The number of nitrogens with one attached hydrogen (secondary N) is 1. The van der Waals surface area contributed by atoms with Crippen LogP contribution in [0.4, 0.5) is 5.82 Å². The molecule has 1 aliphatic carbocycles. The summed E-state index contributed by atoms with van der Waals surface area (Å²) in [6.07, 6.45) is 10.1. The molecule has 2 aromatic rings. The van der Waals surface area contributed by atoms with E-state index in [1.165, 1.54) is 12.7 Å². The summed E-state index contributed by atoms with van der Waals surface area (Å²) in [6, 6.07) is 2.13. The second kappa shape index (κ2) is 7.80. The lowest BCUT2D eigenvalue weighted by Crippen LogP contribution is -2.19. The lowest BCUT2D eigenvalue weighted by atomic mass is 9.96. The quantitative estimate of drug-likeness (QED) is 0.761. The van der Waals surface area contributed by atoms with E-state index < -0.39 is 0 Å². The zero-order chi connectivity index (χ0) is 18.8. The van der Waals surface area contributed by atoms with Crippen LogP contribution in [0.1, 0.15) is 73.7 Å². The van der Waals surface area contributed by atoms with Gasteiger partial charge in [0.05, 0.1) is 17.9 Å². The molecule has 27 heavy (non-hydrogen) atoms. The maximum Gasteiger partial charge on any atom is 0.233 e. The van der Waals surface area contributed by atoms with Crippen molar-refractivity contribution in [3.8, 4) is 0 Å². The molecule has 2 aromatic heterocycles. The fraction of sp³-hybridized carbons (Fsp3) is 0.571. The summed E-state index contributed by atoms with van der Waals surface area (Å²) >= 11 is 0. The Labute approximate surface area is 159 Å². The largest absolute Gasteiger partial charge is 0.460 e. The van der Waals surface area contributed by atoms with E-state index in [1.54, 1.807) is 18.5 Å². The summed E-state index contributed by atoms with van der Waals surface area (Å²) in [5, 5.41) is 3.48. The summed E-state index contributed by atoms with van der Waals surface area (Å²) in [5.74, 6) is 2.12. The van der Waals surface area contributed by atoms with E-state index in [-0.39, 0.29) is 11.9 Å². The number of anilines is 1. The van der Waals surface area contributed by atoms with Crippen molar-refractivity contribution < 1.29 is 13.9 Å². The minimum Gasteiger partial charge on any atom is -0.460 e. The molecule has 2 aliphatic rings. The van der Waals surface area contributed by atoms with Crippen molar-refractivity contribution in [1.82, 2.24) is 9.97 Å². The van der Waals surface area contributed by atoms with Crippen LogP contribution < -0.4 is 5.32 Å². The summed E-state index contributed by atoms with van der Waals surface area (Å²) in [5.41, 5.74) is 1.39. The van der Waals surface area contributed by atoms with Gasteiger partial charge in [0.15, 0.2) is 5.76 Å². The van der Waals surface area contributed by atoms with E-state index in [1.807, 2.05) is 0 Å². The average molecular weight is 369 g/mol. The van der Waals surface area contributed by atoms with Crippen molar-refractivity contribution >= 4 is 11.6 Å². The van der Waals surface area contributed by atoms with Gasteiger partial charge in [0.2, 0.25) is 5.78 Å². The fourth-order valence-corrected chi connectivity index (χ4v) is 4.44. The van der Waals surface area contributed by atoms with Gasteiger partial charge in [-0.15, -0.1) is 0 Å². The van der Waals surface area contributed by atoms with Crippen molar-refractivity contribution in [1.29, 1.82) is 0 Å². The molecule has 0 aromatic carbocycles. The van der Waals surface area contributed by atoms with Gasteiger partial charge in [-0.25, -0.2) is 9.97 Å². The Balaban J connectivity index is 1.51. The molecule has 6 nitrogen and oxygen atoms in total. The van der Waals surface area contributed by atoms with Crippen molar-refractivity contribution in [3.63, 3.8) is 0 Å². The first-order chi connectivity index (χ1) is 13.2. The van der Waals surface area contributed by atoms with Crippen LogP contribution in [-0.4, -0.2) is 28.4 Å². The van der Waals surface area contributed by atoms with E-state index in [0.29, 0.717) is 29.1 Å². The van der Waals surface area contributed by atoms with Crippen LogP contribution >= 0.6 is 0 Å². The Hall–Kier alpha value is -2.21. The summed E-state index contributed by atoms with van der Waals surface area (Å²) in [4.78, 5) is 21.4. The van der Waals surface area contributed by atoms with Crippen LogP contribution in [0.5, 0.6) is 0 Å². The molecule has 0 amide bonds. The third-order valence-electron chi connectivity index (χ3n) is 6.02. The summed E-state index contributed by atoms with van der Waals surface area (Å²) in [7, 11) is 0. The number of hydrogen-bond acceptors (Lipinski definition) is 6. The number of carbonyl (C=O) groups is 1. The molecule has 1 saturated heterocycles. The van der Waals surface area contributed by atoms with E-state index in [4.69, 9.17) is 9.15 Å². The molecular weight excluding hydrogens is 342 g/mol. The van der Waals surface area contributed by atoms with E-state index in [0.717, 1.165) is 43.8 Å². The second-order valence-electron chi connectivity index (χ2n) is 7.82. The maximum atomic E-state index is 13.0. The molecule has 1 aliphatic heterocycles. The summed E-state index contributed by atoms with van der Waals surface area (Å²) in [6.45, 7) is 5.31. The standard InChI is InChI=1S/C21H27N3O3/c1-3-14-8-16(7-13(14)2)24-21-17(10-22-12-23-21)20(25)19-9-15(11-27-19)18-5-4-6-26-18/h9-14,16,18H,3-8H2,1-2H3,(H,22,23,24)/t13-,14-,16-,18?/m0/s1. The summed E-state index contributed by atoms with van der Waals surface area (Å²) < 4.78 is 11.2. The molecule has 2 fully saturated rings. The molecule has 1 unspecified atom stereocenters. The van der Waals surface area contributed by atoms with Crippen LogP contribution in [0, 0.1) is 11.8 Å². The van der Waals surface area contributed by atoms with Crippen molar-refractivity contribution in [2.45, 2.75) is 58.1 Å². The first kappa shape index (κ1) is 18.2. The highest BCUT2D eigenvalue weighted by atomic mass is 16.5. The molecule has 1 saturated carbocycles. The zero-order valence-electron chi connectivity index (χ0n) is 16.0. The number of ketones is 1. The minimum atomic E-state index is -0.194. The van der Waals surface area contributed by atoms with Gasteiger partial charge in [0.1, 0.15) is 12.1 Å². The lowest BCUT2D eigenvalue weighted by molar-refractivity contribution is 0.101. The Morgan fingerprint density at radius 1 is 1.37 bits per heavy atom. The Kier molecular flexibility index (Phi) is 5.25. The highest BCUT2D eigenvalue weighted by Gasteiger charge is 2.31. The minimum absolute atomic E-state index is 0.0332. The van der Waals surface area contributed by atoms with Gasteiger partial charge in [-0.1, -0.05) is 20.3 Å². The van der Waals surface area contributed by atoms with Crippen LogP contribution in [0.3, 0.4) is 0 Å². The number of ether oxygens (including phenoxy) is 1. The predicted molar refractivity (Wildman–Crippen MR) is 102 cm³/mol. The number of aromatic nitrogens is 2. The molecule has 4 rings (SSSR count). The number of carbonyl (C=O) groups excluding carboxylic acids is 1. The third-order valence-corrected chi connectivity index (χ3v) is 6.02. The molecule has 3 heterocycles. The van der Waals surface area contributed by atoms with Crippen LogP contribution in [0.25, 0.3) is 0 Å². The fourth-order valence-electron chi connectivity index (χ4n) is 4.44. The smallest absolute Gasteiger partial charge is 0.233 e. The monoisotopic (exact) mass is 369 g/mol. The Morgan fingerprint density at radius 2 is 2.26 bits per heavy atom. The number of nitrogens with zero attached hydrogens (tertiary/aromatic N) is 2. The van der Waals surface area contributed by atoms with Gasteiger partial charge >= 0.3 is 0 Å². The molecule has 0 radical (unpaired) electrons. The molecule has 0 spiro atoms. The normalized spacial score (nSPS) is 27.8. The van der Waals surface area contributed by atoms with Crippen LogP contribution in [0.15, 0.2) is 29.3 Å². The maximum absolute atomic E-state index is 13.0. The molecule has 144 valence electrons. The Morgan fingerprint density at radius 3 is 3.00 bits per heavy atom. The van der Waals surface area contributed by atoms with Gasteiger partial charge in [-0.05, 0) is 43.6 Å². The van der Waals surface area contributed by atoms with Gasteiger partial charge < -0.3 is 14.5 Å². The van der Waals surface area contributed by atoms with Crippen molar-refractivity contribution in [3.05, 3.63) is 41.7 Å². The van der Waals surface area contributed by atoms with E-state index >= 15 is 0 Å². The third kappa shape index (κ3) is 3.76. The van der Waals surface area contributed by atoms with Crippen molar-refractivity contribution in [2.75, 3.05) is 11.9 Å². The number of furan rings is 1. The molecule has 0 bridgehead atoms. The average Bonchev–Trinajstić information content (AvgIpc) is 3.42. The van der Waals surface area contributed by atoms with Crippen molar-refractivity contribution in [2.24, 2.45) is 11.8 Å². The molecular formula is C21H27N3O3. The van der Waals surface area contributed by atoms with Gasteiger partial charge in [0, 0.05) is 24.4 Å². The first-order valence-corrected chi connectivity index (χ1v) is 9.97. The SMILES string of the molecule is CC[C@H]1C[C@@H](Nc2ncncc2C(=O)c2cc(C3CCCO3)co2)C[C@@H]1C. The highest BCUT2D eigenvalue weighted by Crippen LogP contribution is 2.36. The Bertz CT molecular complexity index is 797.